The Bertz CT molecular complexity index is 968. The number of hydrogen-bond acceptors (Lipinski definition) is 5. The number of urea groups is 1. The minimum Gasteiger partial charge on any atom is -0.495 e. The van der Waals surface area contributed by atoms with Crippen LogP contribution >= 0.6 is 0 Å². The second-order valence-electron chi connectivity index (χ2n) is 6.18. The SMILES string of the molecule is C=CCN(Cc1nc(-c2cccc(C)c2)no1)C(=O)Nc1ccccc1OC. The van der Waals surface area contributed by atoms with E-state index in [1.807, 2.05) is 43.3 Å². The summed E-state index contributed by atoms with van der Waals surface area (Å²) in [7, 11) is 1.55. The lowest BCUT2D eigenvalue weighted by Crippen LogP contribution is -2.34. The van der Waals surface area contributed by atoms with E-state index in [0.29, 0.717) is 29.7 Å². The smallest absolute Gasteiger partial charge is 0.322 e. The second-order valence-corrected chi connectivity index (χ2v) is 6.18. The molecule has 0 unspecified atom stereocenters. The third-order valence-corrected chi connectivity index (χ3v) is 4.06. The van der Waals surface area contributed by atoms with E-state index in [1.165, 1.54) is 4.90 Å². The maximum atomic E-state index is 12.7. The minimum absolute atomic E-state index is 0.159. The van der Waals surface area contributed by atoms with Crippen LogP contribution in [0.3, 0.4) is 0 Å². The molecule has 0 aliphatic heterocycles. The third kappa shape index (κ3) is 4.56. The fraction of sp³-hybridized carbons (Fsp3) is 0.190. The van der Waals surface area contributed by atoms with Crippen molar-refractivity contribution >= 4 is 11.7 Å². The number of aromatic nitrogens is 2. The fourth-order valence-corrected chi connectivity index (χ4v) is 2.70. The zero-order valence-electron chi connectivity index (χ0n) is 15.9. The summed E-state index contributed by atoms with van der Waals surface area (Å²) in [4.78, 5) is 18.6. The molecular formula is C21H22N4O3. The Morgan fingerprint density at radius 3 is 2.86 bits per heavy atom. The number of para-hydroxylation sites is 2. The van der Waals surface area contributed by atoms with E-state index in [-0.39, 0.29) is 12.6 Å². The first-order valence-electron chi connectivity index (χ1n) is 8.80. The highest BCUT2D eigenvalue weighted by Crippen LogP contribution is 2.24. The fourth-order valence-electron chi connectivity index (χ4n) is 2.70. The summed E-state index contributed by atoms with van der Waals surface area (Å²) in [5.74, 6) is 1.41. The molecule has 0 saturated carbocycles. The van der Waals surface area contributed by atoms with Crippen molar-refractivity contribution in [3.63, 3.8) is 0 Å². The molecule has 1 aromatic heterocycles. The first-order chi connectivity index (χ1) is 13.6. The highest BCUT2D eigenvalue weighted by Gasteiger charge is 2.18. The molecule has 1 heterocycles. The molecule has 2 aromatic carbocycles. The van der Waals surface area contributed by atoms with Crippen molar-refractivity contribution < 1.29 is 14.1 Å². The van der Waals surface area contributed by atoms with Crippen LogP contribution in [0.25, 0.3) is 11.4 Å². The van der Waals surface area contributed by atoms with Crippen molar-refractivity contribution in [2.75, 3.05) is 19.0 Å². The number of amides is 2. The van der Waals surface area contributed by atoms with E-state index in [2.05, 4.69) is 22.0 Å². The monoisotopic (exact) mass is 378 g/mol. The van der Waals surface area contributed by atoms with Gasteiger partial charge in [0.2, 0.25) is 11.7 Å². The molecule has 0 fully saturated rings. The van der Waals surface area contributed by atoms with Gasteiger partial charge in [0, 0.05) is 12.1 Å². The molecule has 0 aliphatic carbocycles. The van der Waals surface area contributed by atoms with Crippen LogP contribution in [0.5, 0.6) is 5.75 Å². The Morgan fingerprint density at radius 1 is 1.29 bits per heavy atom. The van der Waals surface area contributed by atoms with E-state index >= 15 is 0 Å². The van der Waals surface area contributed by atoms with Crippen LogP contribution in [0.15, 0.2) is 65.7 Å². The molecule has 7 heteroatoms. The Hall–Kier alpha value is -3.61. The van der Waals surface area contributed by atoms with Crippen molar-refractivity contribution in [3.05, 3.63) is 72.6 Å². The summed E-state index contributed by atoms with van der Waals surface area (Å²) in [5.41, 5.74) is 2.55. The lowest BCUT2D eigenvalue weighted by molar-refractivity contribution is 0.206. The lowest BCUT2D eigenvalue weighted by Gasteiger charge is -2.20. The summed E-state index contributed by atoms with van der Waals surface area (Å²) in [5, 5.41) is 6.86. The number of rotatable bonds is 7. The summed E-state index contributed by atoms with van der Waals surface area (Å²) in [6.45, 7) is 6.19. The first-order valence-corrected chi connectivity index (χ1v) is 8.80. The molecule has 0 radical (unpaired) electrons. The van der Waals surface area contributed by atoms with E-state index in [0.717, 1.165) is 11.1 Å². The van der Waals surface area contributed by atoms with Crippen LogP contribution in [0.2, 0.25) is 0 Å². The number of carbonyl (C=O) groups is 1. The van der Waals surface area contributed by atoms with Crippen LogP contribution in [-0.2, 0) is 6.54 Å². The van der Waals surface area contributed by atoms with Crippen molar-refractivity contribution in [2.45, 2.75) is 13.5 Å². The van der Waals surface area contributed by atoms with Crippen LogP contribution in [0.4, 0.5) is 10.5 Å². The predicted octanol–water partition coefficient (Wildman–Crippen LogP) is 4.27. The van der Waals surface area contributed by atoms with Gasteiger partial charge in [-0.2, -0.15) is 4.98 Å². The van der Waals surface area contributed by atoms with Gasteiger partial charge in [0.05, 0.1) is 12.8 Å². The molecule has 7 nitrogen and oxygen atoms in total. The van der Waals surface area contributed by atoms with Crippen LogP contribution in [0.1, 0.15) is 11.5 Å². The summed E-state index contributed by atoms with van der Waals surface area (Å²) < 4.78 is 10.6. The average Bonchev–Trinajstić information content (AvgIpc) is 3.17. The molecule has 0 saturated heterocycles. The van der Waals surface area contributed by atoms with Gasteiger partial charge >= 0.3 is 6.03 Å². The Labute approximate surface area is 163 Å². The summed E-state index contributed by atoms with van der Waals surface area (Å²) in [6.07, 6.45) is 1.64. The number of benzene rings is 2. The van der Waals surface area contributed by atoms with Crippen molar-refractivity contribution in [3.8, 4) is 17.1 Å². The van der Waals surface area contributed by atoms with Crippen LogP contribution in [-0.4, -0.2) is 34.7 Å². The summed E-state index contributed by atoms with van der Waals surface area (Å²) in [6, 6.07) is 14.7. The van der Waals surface area contributed by atoms with Gasteiger partial charge in [-0.15, -0.1) is 6.58 Å². The van der Waals surface area contributed by atoms with E-state index in [1.54, 1.807) is 25.3 Å². The highest BCUT2D eigenvalue weighted by molar-refractivity contribution is 5.91. The van der Waals surface area contributed by atoms with Gasteiger partial charge in [-0.05, 0) is 25.1 Å². The minimum atomic E-state index is -0.320. The number of aryl methyl sites for hydroxylation is 1. The van der Waals surface area contributed by atoms with E-state index in [4.69, 9.17) is 9.26 Å². The van der Waals surface area contributed by atoms with Gasteiger partial charge in [0.25, 0.3) is 0 Å². The standard InChI is InChI=1S/C21H22N4O3/c1-4-12-25(21(26)22-17-10-5-6-11-18(17)27-3)14-19-23-20(24-28-19)16-9-7-8-15(2)13-16/h4-11,13H,1,12,14H2,2-3H3,(H,22,26). The summed E-state index contributed by atoms with van der Waals surface area (Å²) >= 11 is 0. The second kappa shape index (κ2) is 8.85. The van der Waals surface area contributed by atoms with Crippen LogP contribution < -0.4 is 10.1 Å². The normalized spacial score (nSPS) is 10.4. The zero-order valence-corrected chi connectivity index (χ0v) is 15.9. The number of methoxy groups -OCH3 is 1. The number of nitrogens with zero attached hydrogens (tertiary/aromatic N) is 3. The molecule has 3 rings (SSSR count). The van der Waals surface area contributed by atoms with E-state index < -0.39 is 0 Å². The van der Waals surface area contributed by atoms with Crippen molar-refractivity contribution in [1.29, 1.82) is 0 Å². The first kappa shape index (κ1) is 19.2. The van der Waals surface area contributed by atoms with Gasteiger partial charge < -0.3 is 19.5 Å². The molecule has 0 bridgehead atoms. The Kier molecular flexibility index (Phi) is 6.06. The van der Waals surface area contributed by atoms with Gasteiger partial charge in [-0.25, -0.2) is 4.79 Å². The molecule has 2 amide bonds. The molecule has 28 heavy (non-hydrogen) atoms. The maximum absolute atomic E-state index is 12.7. The third-order valence-electron chi connectivity index (χ3n) is 4.06. The highest BCUT2D eigenvalue weighted by atomic mass is 16.5. The largest absolute Gasteiger partial charge is 0.495 e. The number of nitrogens with one attached hydrogen (secondary N) is 1. The molecule has 0 atom stereocenters. The number of hydrogen-bond donors (Lipinski definition) is 1. The zero-order chi connectivity index (χ0) is 19.9. The predicted molar refractivity (Wildman–Crippen MR) is 107 cm³/mol. The number of ether oxygens (including phenoxy) is 1. The van der Waals surface area contributed by atoms with Gasteiger partial charge in [-0.3, -0.25) is 0 Å². The molecule has 3 aromatic rings. The van der Waals surface area contributed by atoms with Gasteiger partial charge in [0.1, 0.15) is 12.3 Å². The molecule has 1 N–H and O–H groups in total. The Morgan fingerprint density at radius 2 is 2.11 bits per heavy atom. The lowest BCUT2D eigenvalue weighted by atomic mass is 10.1. The maximum Gasteiger partial charge on any atom is 0.322 e. The van der Waals surface area contributed by atoms with Gasteiger partial charge in [0.15, 0.2) is 0 Å². The molecule has 0 aliphatic rings. The van der Waals surface area contributed by atoms with E-state index in [9.17, 15) is 4.79 Å². The average molecular weight is 378 g/mol. The molecule has 144 valence electrons. The Balaban J connectivity index is 1.74. The van der Waals surface area contributed by atoms with Crippen molar-refractivity contribution in [1.82, 2.24) is 15.0 Å². The topological polar surface area (TPSA) is 80.5 Å². The van der Waals surface area contributed by atoms with Crippen LogP contribution in [0, 0.1) is 6.92 Å². The van der Waals surface area contributed by atoms with Gasteiger partial charge in [-0.1, -0.05) is 47.1 Å². The van der Waals surface area contributed by atoms with Crippen molar-refractivity contribution in [2.24, 2.45) is 0 Å². The number of anilines is 1. The number of carbonyl (C=O) groups excluding carboxylic acids is 1. The quantitative estimate of drug-likeness (QED) is 0.621. The molecular weight excluding hydrogens is 356 g/mol. The molecule has 0 spiro atoms.